The summed E-state index contributed by atoms with van der Waals surface area (Å²) in [6, 6.07) is 5.96. The largest absolute Gasteiger partial charge is 0.465 e. The molecule has 0 spiro atoms. The number of esters is 1. The quantitative estimate of drug-likeness (QED) is 0.618. The summed E-state index contributed by atoms with van der Waals surface area (Å²) in [5.41, 5.74) is 5.93. The van der Waals surface area contributed by atoms with Crippen molar-refractivity contribution in [1.29, 1.82) is 0 Å². The van der Waals surface area contributed by atoms with Crippen molar-refractivity contribution in [3.8, 4) is 0 Å². The Morgan fingerprint density at radius 2 is 2.05 bits per heavy atom. The lowest BCUT2D eigenvalue weighted by atomic mass is 10.3. The molecule has 19 heavy (non-hydrogen) atoms. The molecule has 0 radical (unpaired) electrons. The highest BCUT2D eigenvalue weighted by atomic mass is 32.2. The Morgan fingerprint density at radius 3 is 2.58 bits per heavy atom. The number of benzene rings is 1. The van der Waals surface area contributed by atoms with Gasteiger partial charge in [-0.25, -0.2) is 8.42 Å². The van der Waals surface area contributed by atoms with E-state index in [4.69, 9.17) is 10.5 Å². The fraction of sp³-hybridized carbons (Fsp3) is 0.417. The fourth-order valence-electron chi connectivity index (χ4n) is 1.54. The van der Waals surface area contributed by atoms with E-state index in [0.717, 1.165) is 4.31 Å². The highest BCUT2D eigenvalue weighted by Gasteiger charge is 2.25. The Balaban J connectivity index is 2.99. The number of nitrogen functional groups attached to an aromatic ring is 1. The number of rotatable bonds is 6. The van der Waals surface area contributed by atoms with Gasteiger partial charge in [-0.3, -0.25) is 4.79 Å². The van der Waals surface area contributed by atoms with Gasteiger partial charge in [0.25, 0.3) is 0 Å². The minimum Gasteiger partial charge on any atom is -0.465 e. The van der Waals surface area contributed by atoms with Crippen molar-refractivity contribution in [2.24, 2.45) is 0 Å². The lowest BCUT2D eigenvalue weighted by Crippen LogP contribution is -2.36. The van der Waals surface area contributed by atoms with Crippen LogP contribution in [0.3, 0.4) is 0 Å². The molecule has 0 aliphatic rings. The summed E-state index contributed by atoms with van der Waals surface area (Å²) >= 11 is 0. The number of hydrogen-bond acceptors (Lipinski definition) is 5. The monoisotopic (exact) mass is 286 g/mol. The van der Waals surface area contributed by atoms with E-state index in [1.54, 1.807) is 26.0 Å². The average Bonchev–Trinajstić information content (AvgIpc) is 2.36. The topological polar surface area (TPSA) is 89.7 Å². The Bertz CT molecular complexity index is 542. The maximum Gasteiger partial charge on any atom is 0.321 e. The molecule has 0 saturated carbocycles. The Hall–Kier alpha value is -1.60. The standard InChI is InChI=1S/C12H18N2O4S/c1-3-14(9-12(15)18-4-2)19(16,17)11-7-5-6-10(13)8-11/h5-8H,3-4,9,13H2,1-2H3. The Labute approximate surface area is 113 Å². The van der Waals surface area contributed by atoms with Crippen LogP contribution in [0.2, 0.25) is 0 Å². The zero-order chi connectivity index (χ0) is 14.5. The molecule has 6 nitrogen and oxygen atoms in total. The zero-order valence-electron chi connectivity index (χ0n) is 11.0. The molecular formula is C12H18N2O4S. The van der Waals surface area contributed by atoms with E-state index in [1.165, 1.54) is 12.1 Å². The molecule has 0 aliphatic carbocycles. The van der Waals surface area contributed by atoms with Crippen molar-refractivity contribution in [3.63, 3.8) is 0 Å². The molecule has 2 N–H and O–H groups in total. The van der Waals surface area contributed by atoms with Crippen molar-refractivity contribution < 1.29 is 17.9 Å². The van der Waals surface area contributed by atoms with Gasteiger partial charge >= 0.3 is 5.97 Å². The maximum atomic E-state index is 12.3. The third-order valence-electron chi connectivity index (χ3n) is 2.46. The van der Waals surface area contributed by atoms with Crippen molar-refractivity contribution in [3.05, 3.63) is 24.3 Å². The van der Waals surface area contributed by atoms with Crippen LogP contribution in [0.25, 0.3) is 0 Å². The van der Waals surface area contributed by atoms with Crippen LogP contribution in [-0.4, -0.2) is 38.4 Å². The molecule has 0 saturated heterocycles. The number of ether oxygens (including phenoxy) is 1. The van der Waals surface area contributed by atoms with Crippen LogP contribution in [0, 0.1) is 0 Å². The predicted molar refractivity (Wildman–Crippen MR) is 71.9 cm³/mol. The number of sulfonamides is 1. The Morgan fingerprint density at radius 1 is 1.37 bits per heavy atom. The molecule has 0 aliphatic heterocycles. The number of carbonyl (C=O) groups excluding carboxylic acids is 1. The number of nitrogens with two attached hydrogens (primary N) is 1. The van der Waals surface area contributed by atoms with E-state index in [9.17, 15) is 13.2 Å². The normalized spacial score (nSPS) is 11.5. The van der Waals surface area contributed by atoms with Crippen LogP contribution in [0.4, 0.5) is 5.69 Å². The van der Waals surface area contributed by atoms with E-state index < -0.39 is 16.0 Å². The summed E-state index contributed by atoms with van der Waals surface area (Å²) in [7, 11) is -3.73. The smallest absolute Gasteiger partial charge is 0.321 e. The lowest BCUT2D eigenvalue weighted by Gasteiger charge is -2.19. The molecule has 0 unspecified atom stereocenters. The number of hydrogen-bond donors (Lipinski definition) is 1. The van der Waals surface area contributed by atoms with Gasteiger partial charge in [0.1, 0.15) is 6.54 Å². The maximum absolute atomic E-state index is 12.3. The van der Waals surface area contributed by atoms with Gasteiger partial charge in [0.15, 0.2) is 0 Å². The summed E-state index contributed by atoms with van der Waals surface area (Å²) in [5.74, 6) is -0.572. The van der Waals surface area contributed by atoms with Gasteiger partial charge in [-0.2, -0.15) is 4.31 Å². The third kappa shape index (κ3) is 3.93. The van der Waals surface area contributed by atoms with E-state index in [-0.39, 0.29) is 24.6 Å². The summed E-state index contributed by atoms with van der Waals surface area (Å²) in [6.07, 6.45) is 0. The number of nitrogens with zero attached hydrogens (tertiary/aromatic N) is 1. The van der Waals surface area contributed by atoms with Crippen molar-refractivity contribution in [2.45, 2.75) is 18.7 Å². The molecule has 0 aromatic heterocycles. The van der Waals surface area contributed by atoms with Crippen molar-refractivity contribution in [1.82, 2.24) is 4.31 Å². The minimum absolute atomic E-state index is 0.0682. The van der Waals surface area contributed by atoms with Gasteiger partial charge in [-0.15, -0.1) is 0 Å². The molecule has 0 fully saturated rings. The van der Waals surface area contributed by atoms with Crippen LogP contribution in [0.1, 0.15) is 13.8 Å². The summed E-state index contributed by atoms with van der Waals surface area (Å²) in [5, 5.41) is 0. The van der Waals surface area contributed by atoms with Crippen LogP contribution < -0.4 is 5.73 Å². The van der Waals surface area contributed by atoms with Crippen LogP contribution in [0.5, 0.6) is 0 Å². The predicted octanol–water partition coefficient (Wildman–Crippen LogP) is 0.842. The average molecular weight is 286 g/mol. The van der Waals surface area contributed by atoms with Gasteiger partial charge in [0.05, 0.1) is 11.5 Å². The fourth-order valence-corrected chi connectivity index (χ4v) is 2.99. The summed E-state index contributed by atoms with van der Waals surface area (Å²) in [6.45, 7) is 3.41. The van der Waals surface area contributed by atoms with Gasteiger partial charge in [-0.1, -0.05) is 13.0 Å². The molecule has 0 bridgehead atoms. The lowest BCUT2D eigenvalue weighted by molar-refractivity contribution is -0.143. The molecule has 0 heterocycles. The first-order chi connectivity index (χ1) is 8.91. The molecule has 1 aromatic rings. The minimum atomic E-state index is -3.73. The number of anilines is 1. The highest BCUT2D eigenvalue weighted by Crippen LogP contribution is 2.17. The second kappa shape index (κ2) is 6.53. The van der Waals surface area contributed by atoms with Crippen LogP contribution in [0.15, 0.2) is 29.2 Å². The molecule has 7 heteroatoms. The van der Waals surface area contributed by atoms with Gasteiger partial charge in [0.2, 0.25) is 10.0 Å². The molecule has 1 rings (SSSR count). The highest BCUT2D eigenvalue weighted by molar-refractivity contribution is 7.89. The van der Waals surface area contributed by atoms with Crippen LogP contribution in [-0.2, 0) is 19.6 Å². The van der Waals surface area contributed by atoms with Crippen molar-refractivity contribution >= 4 is 21.7 Å². The zero-order valence-corrected chi connectivity index (χ0v) is 11.8. The molecule has 0 atom stereocenters. The third-order valence-corrected chi connectivity index (χ3v) is 4.38. The SMILES string of the molecule is CCOC(=O)CN(CC)S(=O)(=O)c1cccc(N)c1. The Kier molecular flexibility index (Phi) is 5.31. The second-order valence-electron chi connectivity index (χ2n) is 3.81. The molecular weight excluding hydrogens is 268 g/mol. The molecule has 0 amide bonds. The van der Waals surface area contributed by atoms with E-state index >= 15 is 0 Å². The first-order valence-corrected chi connectivity index (χ1v) is 7.37. The summed E-state index contributed by atoms with van der Waals surface area (Å²) in [4.78, 5) is 11.5. The van der Waals surface area contributed by atoms with Gasteiger partial charge < -0.3 is 10.5 Å². The van der Waals surface area contributed by atoms with E-state index in [1.807, 2.05) is 0 Å². The van der Waals surface area contributed by atoms with Crippen molar-refractivity contribution in [2.75, 3.05) is 25.4 Å². The number of likely N-dealkylation sites (N-methyl/N-ethyl adjacent to an activating group) is 1. The molecule has 106 valence electrons. The molecule has 1 aromatic carbocycles. The summed E-state index contributed by atoms with van der Waals surface area (Å²) < 4.78 is 30.5. The number of carbonyl (C=O) groups is 1. The van der Waals surface area contributed by atoms with E-state index in [0.29, 0.717) is 5.69 Å². The van der Waals surface area contributed by atoms with Gasteiger partial charge in [-0.05, 0) is 25.1 Å². The first-order valence-electron chi connectivity index (χ1n) is 5.93. The van der Waals surface area contributed by atoms with E-state index in [2.05, 4.69) is 0 Å². The second-order valence-corrected chi connectivity index (χ2v) is 5.75. The van der Waals surface area contributed by atoms with Crippen LogP contribution >= 0.6 is 0 Å². The van der Waals surface area contributed by atoms with Gasteiger partial charge in [0, 0.05) is 12.2 Å². The first kappa shape index (κ1) is 15.5.